The summed E-state index contributed by atoms with van der Waals surface area (Å²) in [5.41, 5.74) is 2.00. The summed E-state index contributed by atoms with van der Waals surface area (Å²) in [6.45, 7) is 0.510. The van der Waals surface area contributed by atoms with Crippen LogP contribution in [0.5, 0.6) is 0 Å². The number of rotatable bonds is 3. The number of ether oxygens (including phenoxy) is 1. The Morgan fingerprint density at radius 1 is 1.00 bits per heavy atom. The Balaban J connectivity index is 1.69. The lowest BCUT2D eigenvalue weighted by atomic mass is 10.0. The minimum atomic E-state index is -0.546. The maximum absolute atomic E-state index is 10.3. The highest BCUT2D eigenvalue weighted by atomic mass is 16.5. The molecule has 0 aliphatic carbocycles. The Kier molecular flexibility index (Phi) is 3.60. The zero-order chi connectivity index (χ0) is 13.1. The number of hydrogen-bond acceptors (Lipinski definition) is 3. The van der Waals surface area contributed by atoms with Crippen LogP contribution in [0.4, 0.5) is 0 Å². The molecule has 0 radical (unpaired) electrons. The highest BCUT2D eigenvalue weighted by Crippen LogP contribution is 2.26. The molecule has 1 fully saturated rings. The van der Waals surface area contributed by atoms with Gasteiger partial charge in [-0.1, -0.05) is 60.7 Å². The maximum Gasteiger partial charge on any atom is 0.134 e. The van der Waals surface area contributed by atoms with Crippen molar-refractivity contribution in [1.82, 2.24) is 5.32 Å². The molecule has 2 N–H and O–H groups in total. The van der Waals surface area contributed by atoms with E-state index >= 15 is 0 Å². The quantitative estimate of drug-likeness (QED) is 0.885. The van der Waals surface area contributed by atoms with Gasteiger partial charge in [0.05, 0.1) is 18.8 Å². The summed E-state index contributed by atoms with van der Waals surface area (Å²) in [6, 6.07) is 19.6. The first-order chi connectivity index (χ1) is 9.34. The van der Waals surface area contributed by atoms with Gasteiger partial charge in [-0.3, -0.25) is 5.32 Å². The molecular weight excluding hydrogens is 238 g/mol. The predicted molar refractivity (Wildman–Crippen MR) is 73.5 cm³/mol. The zero-order valence-electron chi connectivity index (χ0n) is 10.6. The van der Waals surface area contributed by atoms with Gasteiger partial charge in [-0.2, -0.15) is 0 Å². The van der Waals surface area contributed by atoms with Gasteiger partial charge in [0.25, 0.3) is 0 Å². The molecule has 3 nitrogen and oxygen atoms in total. The average Bonchev–Trinajstić information content (AvgIpc) is 2.98. The highest BCUT2D eigenvalue weighted by Gasteiger charge is 2.31. The summed E-state index contributed by atoms with van der Waals surface area (Å²) in [6.07, 6.45) is -0.681. The van der Waals surface area contributed by atoms with Gasteiger partial charge in [-0.05, 0) is 11.1 Å². The Hall–Kier alpha value is -1.68. The SMILES string of the molecule is OC(c1ccccc1)[C@@H]1CO[C@@H](c2ccccc2)N1. The monoisotopic (exact) mass is 255 g/mol. The number of aliphatic hydroxyl groups is 1. The van der Waals surface area contributed by atoms with Crippen LogP contribution < -0.4 is 5.32 Å². The van der Waals surface area contributed by atoms with Gasteiger partial charge in [0.15, 0.2) is 0 Å². The van der Waals surface area contributed by atoms with Crippen LogP contribution in [0.15, 0.2) is 60.7 Å². The molecule has 0 spiro atoms. The van der Waals surface area contributed by atoms with E-state index < -0.39 is 6.10 Å². The fourth-order valence-electron chi connectivity index (χ4n) is 2.38. The Morgan fingerprint density at radius 3 is 2.32 bits per heavy atom. The van der Waals surface area contributed by atoms with E-state index in [9.17, 15) is 5.11 Å². The van der Waals surface area contributed by atoms with Crippen molar-refractivity contribution in [1.29, 1.82) is 0 Å². The van der Waals surface area contributed by atoms with E-state index in [4.69, 9.17) is 4.74 Å². The van der Waals surface area contributed by atoms with Crippen LogP contribution in [0.25, 0.3) is 0 Å². The number of aliphatic hydroxyl groups excluding tert-OH is 1. The van der Waals surface area contributed by atoms with Crippen molar-refractivity contribution in [3.63, 3.8) is 0 Å². The van der Waals surface area contributed by atoms with Gasteiger partial charge in [-0.25, -0.2) is 0 Å². The van der Waals surface area contributed by atoms with Crippen molar-refractivity contribution in [2.24, 2.45) is 0 Å². The maximum atomic E-state index is 10.3. The largest absolute Gasteiger partial charge is 0.387 e. The van der Waals surface area contributed by atoms with Crippen LogP contribution in [0.3, 0.4) is 0 Å². The molecular formula is C16H17NO2. The molecule has 1 aliphatic heterocycles. The third-order valence-electron chi connectivity index (χ3n) is 3.43. The van der Waals surface area contributed by atoms with Crippen LogP contribution in [-0.4, -0.2) is 17.8 Å². The fraction of sp³-hybridized carbons (Fsp3) is 0.250. The standard InChI is InChI=1S/C16H17NO2/c18-15(12-7-3-1-4-8-12)14-11-19-16(17-14)13-9-5-2-6-10-13/h1-10,14-18H,11H2/t14-,15?,16-/m0/s1. The van der Waals surface area contributed by atoms with E-state index in [0.717, 1.165) is 11.1 Å². The summed E-state index contributed by atoms with van der Waals surface area (Å²) in [4.78, 5) is 0. The molecule has 1 aliphatic rings. The molecule has 1 unspecified atom stereocenters. The topological polar surface area (TPSA) is 41.5 Å². The highest BCUT2D eigenvalue weighted by molar-refractivity contribution is 5.21. The molecule has 0 saturated carbocycles. The summed E-state index contributed by atoms with van der Waals surface area (Å²) in [5.74, 6) is 0. The lowest BCUT2D eigenvalue weighted by Crippen LogP contribution is -2.32. The first kappa shape index (κ1) is 12.4. The lowest BCUT2D eigenvalue weighted by molar-refractivity contribution is 0.0921. The summed E-state index contributed by atoms with van der Waals surface area (Å²) in [5, 5.41) is 13.7. The van der Waals surface area contributed by atoms with Crippen LogP contribution in [0.1, 0.15) is 23.5 Å². The molecule has 2 aromatic carbocycles. The smallest absolute Gasteiger partial charge is 0.134 e. The van der Waals surface area contributed by atoms with Crippen LogP contribution in [0.2, 0.25) is 0 Å². The minimum absolute atomic E-state index is 0.0763. The van der Waals surface area contributed by atoms with Gasteiger partial charge in [0, 0.05) is 0 Å². The summed E-state index contributed by atoms with van der Waals surface area (Å²) < 4.78 is 5.72. The molecule has 3 atom stereocenters. The second-order valence-corrected chi connectivity index (χ2v) is 4.75. The second kappa shape index (κ2) is 5.53. The van der Waals surface area contributed by atoms with E-state index in [1.54, 1.807) is 0 Å². The molecule has 2 aromatic rings. The Labute approximate surface area is 112 Å². The predicted octanol–water partition coefficient (Wildman–Crippen LogP) is 2.41. The number of nitrogens with one attached hydrogen (secondary N) is 1. The Bertz CT molecular complexity index is 515. The number of hydrogen-bond donors (Lipinski definition) is 2. The first-order valence-corrected chi connectivity index (χ1v) is 6.50. The van der Waals surface area contributed by atoms with Crippen LogP contribution in [-0.2, 0) is 4.74 Å². The van der Waals surface area contributed by atoms with Gasteiger partial charge in [-0.15, -0.1) is 0 Å². The molecule has 3 rings (SSSR count). The molecule has 98 valence electrons. The molecule has 0 bridgehead atoms. The number of benzene rings is 2. The molecule has 0 aromatic heterocycles. The molecule has 3 heteroatoms. The Morgan fingerprint density at radius 2 is 1.63 bits per heavy atom. The minimum Gasteiger partial charge on any atom is -0.387 e. The van der Waals surface area contributed by atoms with E-state index in [2.05, 4.69) is 5.32 Å². The average molecular weight is 255 g/mol. The van der Waals surface area contributed by atoms with Gasteiger partial charge < -0.3 is 9.84 Å². The van der Waals surface area contributed by atoms with Crippen LogP contribution >= 0.6 is 0 Å². The van der Waals surface area contributed by atoms with Crippen molar-refractivity contribution >= 4 is 0 Å². The third-order valence-corrected chi connectivity index (χ3v) is 3.43. The second-order valence-electron chi connectivity index (χ2n) is 4.75. The summed E-state index contributed by atoms with van der Waals surface area (Å²) in [7, 11) is 0. The molecule has 1 saturated heterocycles. The molecule has 19 heavy (non-hydrogen) atoms. The van der Waals surface area contributed by atoms with Gasteiger partial charge in [0.1, 0.15) is 6.23 Å². The molecule has 1 heterocycles. The van der Waals surface area contributed by atoms with Crippen molar-refractivity contribution < 1.29 is 9.84 Å². The van der Waals surface area contributed by atoms with Crippen molar-refractivity contribution in [2.75, 3.05) is 6.61 Å². The van der Waals surface area contributed by atoms with Gasteiger partial charge in [0.2, 0.25) is 0 Å². The van der Waals surface area contributed by atoms with Crippen molar-refractivity contribution in [2.45, 2.75) is 18.4 Å². The van der Waals surface area contributed by atoms with E-state index in [-0.39, 0.29) is 12.3 Å². The van der Waals surface area contributed by atoms with E-state index in [1.165, 1.54) is 0 Å². The normalized spacial score (nSPS) is 24.3. The lowest BCUT2D eigenvalue weighted by Gasteiger charge is -2.18. The van der Waals surface area contributed by atoms with Gasteiger partial charge >= 0.3 is 0 Å². The van der Waals surface area contributed by atoms with Crippen molar-refractivity contribution in [3.05, 3.63) is 71.8 Å². The van der Waals surface area contributed by atoms with Crippen LogP contribution in [0, 0.1) is 0 Å². The molecule has 0 amide bonds. The van der Waals surface area contributed by atoms with E-state index in [0.29, 0.717) is 6.61 Å². The summed E-state index contributed by atoms with van der Waals surface area (Å²) >= 11 is 0. The zero-order valence-corrected chi connectivity index (χ0v) is 10.6. The van der Waals surface area contributed by atoms with Crippen molar-refractivity contribution in [3.8, 4) is 0 Å². The third kappa shape index (κ3) is 2.68. The first-order valence-electron chi connectivity index (χ1n) is 6.50. The van der Waals surface area contributed by atoms with E-state index in [1.807, 2.05) is 60.7 Å². The fourth-order valence-corrected chi connectivity index (χ4v) is 2.38.